The number of nitrogens with zero attached hydrogens (tertiary/aromatic N) is 3. The number of benzene rings is 2. The summed E-state index contributed by atoms with van der Waals surface area (Å²) >= 11 is 5.43. The summed E-state index contributed by atoms with van der Waals surface area (Å²) in [5.74, 6) is -1.49. The summed E-state index contributed by atoms with van der Waals surface area (Å²) in [6.07, 6.45) is 7.31. The van der Waals surface area contributed by atoms with Crippen LogP contribution in [0.4, 0.5) is 21.5 Å². The van der Waals surface area contributed by atoms with E-state index in [1.807, 2.05) is 0 Å². The number of carbonyl (C=O) groups excluding carboxylic acids is 2. The van der Waals surface area contributed by atoms with Gasteiger partial charge in [0.1, 0.15) is 12.4 Å². The molecular formula is C27H31FN4O2S. The van der Waals surface area contributed by atoms with E-state index in [0.29, 0.717) is 22.5 Å². The summed E-state index contributed by atoms with van der Waals surface area (Å²) in [6.45, 7) is 13.6. The molecule has 4 rings (SSSR count). The van der Waals surface area contributed by atoms with E-state index in [1.54, 1.807) is 31.2 Å². The van der Waals surface area contributed by atoms with Gasteiger partial charge in [-0.3, -0.25) is 14.5 Å². The van der Waals surface area contributed by atoms with Crippen LogP contribution in [0.1, 0.15) is 61.9 Å². The van der Waals surface area contributed by atoms with Crippen molar-refractivity contribution in [1.29, 1.82) is 0 Å². The quantitative estimate of drug-likeness (QED) is 0.410. The van der Waals surface area contributed by atoms with Crippen molar-refractivity contribution < 1.29 is 14.0 Å². The molecule has 1 saturated heterocycles. The van der Waals surface area contributed by atoms with E-state index in [2.05, 4.69) is 24.0 Å². The van der Waals surface area contributed by atoms with Crippen molar-refractivity contribution in [2.75, 3.05) is 23.4 Å². The van der Waals surface area contributed by atoms with Gasteiger partial charge < -0.3 is 10.2 Å². The van der Waals surface area contributed by atoms with E-state index < -0.39 is 11.7 Å². The molecule has 35 heavy (non-hydrogen) atoms. The van der Waals surface area contributed by atoms with Crippen LogP contribution in [-0.4, -0.2) is 30.5 Å². The number of rotatable bonds is 3. The lowest BCUT2D eigenvalue weighted by molar-refractivity contribution is -0.115. The minimum atomic E-state index is -0.696. The highest BCUT2D eigenvalue weighted by Gasteiger charge is 2.35. The number of halogens is 1. The zero-order valence-electron chi connectivity index (χ0n) is 20.7. The van der Waals surface area contributed by atoms with Crippen LogP contribution in [0.15, 0.2) is 36.4 Å². The van der Waals surface area contributed by atoms with Crippen LogP contribution in [0.2, 0.25) is 0 Å². The lowest BCUT2D eigenvalue weighted by Crippen LogP contribution is -2.32. The van der Waals surface area contributed by atoms with Gasteiger partial charge in [0.15, 0.2) is 10.8 Å². The molecule has 184 valence electrons. The Morgan fingerprint density at radius 1 is 1.11 bits per heavy atom. The Kier molecular flexibility index (Phi) is 8.23. The second-order valence-electron chi connectivity index (χ2n) is 9.65. The van der Waals surface area contributed by atoms with Crippen LogP contribution in [0.5, 0.6) is 0 Å². The standard InChI is InChI=1S/C19H15FN4O2S.C8H16/c1-11-8-13(5-7-16(11)21-2)24-17(25)10-23(19(24)27)12-4-6-14(15(20)9-12)18(26)22-3;1-8(2)6-4-3-5-7-8/h4-9H,10H2,1,3H3,(H,22,26);3-7H2,1-2H3. The predicted octanol–water partition coefficient (Wildman–Crippen LogP) is 6.16. The number of nitrogens with one attached hydrogen (secondary N) is 1. The molecule has 0 bridgehead atoms. The number of thiocarbonyl (C=S) groups is 1. The maximum atomic E-state index is 14.3. The van der Waals surface area contributed by atoms with E-state index in [9.17, 15) is 14.0 Å². The van der Waals surface area contributed by atoms with Crippen molar-refractivity contribution in [3.8, 4) is 0 Å². The lowest BCUT2D eigenvalue weighted by atomic mass is 9.78. The Bertz CT molecular complexity index is 1180. The minimum Gasteiger partial charge on any atom is -0.355 e. The Labute approximate surface area is 211 Å². The second-order valence-corrected chi connectivity index (χ2v) is 10.0. The lowest BCUT2D eigenvalue weighted by Gasteiger charge is -2.28. The van der Waals surface area contributed by atoms with Gasteiger partial charge in [-0.2, -0.15) is 0 Å². The van der Waals surface area contributed by atoms with Crippen molar-refractivity contribution in [3.63, 3.8) is 0 Å². The average molecular weight is 495 g/mol. The van der Waals surface area contributed by atoms with Gasteiger partial charge in [0, 0.05) is 18.4 Å². The first kappa shape index (κ1) is 26.3. The van der Waals surface area contributed by atoms with Crippen LogP contribution in [0, 0.1) is 24.7 Å². The van der Waals surface area contributed by atoms with Gasteiger partial charge in [0.25, 0.3) is 11.8 Å². The van der Waals surface area contributed by atoms with Crippen LogP contribution in [0.25, 0.3) is 4.85 Å². The fourth-order valence-corrected chi connectivity index (χ4v) is 4.74. The first-order valence-corrected chi connectivity index (χ1v) is 12.1. The fourth-order valence-electron chi connectivity index (χ4n) is 4.36. The largest absolute Gasteiger partial charge is 0.355 e. The highest BCUT2D eigenvalue weighted by Crippen LogP contribution is 2.34. The highest BCUT2D eigenvalue weighted by atomic mass is 32.1. The van der Waals surface area contributed by atoms with Gasteiger partial charge in [0.05, 0.1) is 12.1 Å². The number of aryl methyl sites for hydroxylation is 1. The molecular weight excluding hydrogens is 463 g/mol. The molecule has 0 aromatic heterocycles. The first-order valence-electron chi connectivity index (χ1n) is 11.7. The number of carbonyl (C=O) groups is 2. The normalized spacial score (nSPS) is 16.9. The van der Waals surface area contributed by atoms with E-state index in [4.69, 9.17) is 18.8 Å². The van der Waals surface area contributed by atoms with Gasteiger partial charge in [-0.15, -0.1) is 0 Å². The molecule has 0 spiro atoms. The van der Waals surface area contributed by atoms with Gasteiger partial charge in [-0.1, -0.05) is 39.2 Å². The molecule has 6 nitrogen and oxygen atoms in total. The second kappa shape index (κ2) is 11.0. The van der Waals surface area contributed by atoms with Crippen molar-refractivity contribution >= 4 is 46.2 Å². The molecule has 2 fully saturated rings. The highest BCUT2D eigenvalue weighted by molar-refractivity contribution is 7.81. The van der Waals surface area contributed by atoms with E-state index in [1.165, 1.54) is 61.1 Å². The van der Waals surface area contributed by atoms with Gasteiger partial charge in [-0.05, 0) is 73.3 Å². The van der Waals surface area contributed by atoms with Crippen LogP contribution < -0.4 is 15.1 Å². The number of hydrogen-bond acceptors (Lipinski definition) is 3. The molecule has 1 saturated carbocycles. The van der Waals surface area contributed by atoms with Crippen molar-refractivity contribution in [2.45, 2.75) is 52.9 Å². The van der Waals surface area contributed by atoms with Gasteiger partial charge in [0.2, 0.25) is 0 Å². The number of anilines is 2. The zero-order valence-corrected chi connectivity index (χ0v) is 21.5. The smallest absolute Gasteiger partial charge is 0.253 e. The van der Waals surface area contributed by atoms with Crippen molar-refractivity contribution in [1.82, 2.24) is 5.32 Å². The maximum absolute atomic E-state index is 14.3. The number of amides is 2. The van der Waals surface area contributed by atoms with E-state index >= 15 is 0 Å². The van der Waals surface area contributed by atoms with Gasteiger partial charge >= 0.3 is 0 Å². The molecule has 2 aromatic rings. The molecule has 1 N–H and O–H groups in total. The molecule has 1 aliphatic heterocycles. The number of hydrogen-bond donors (Lipinski definition) is 1. The molecule has 8 heteroatoms. The van der Waals surface area contributed by atoms with Crippen molar-refractivity contribution in [3.05, 3.63) is 64.8 Å². The molecule has 2 aromatic carbocycles. The molecule has 0 radical (unpaired) electrons. The summed E-state index contributed by atoms with van der Waals surface area (Å²) in [7, 11) is 1.42. The zero-order chi connectivity index (χ0) is 25.8. The predicted molar refractivity (Wildman–Crippen MR) is 142 cm³/mol. The van der Waals surface area contributed by atoms with E-state index in [-0.39, 0.29) is 23.1 Å². The fraction of sp³-hybridized carbons (Fsp3) is 0.407. The summed E-state index contributed by atoms with van der Waals surface area (Å²) in [6, 6.07) is 9.09. The van der Waals surface area contributed by atoms with Crippen LogP contribution in [0.3, 0.4) is 0 Å². The topological polar surface area (TPSA) is 57.0 Å². The Morgan fingerprint density at radius 2 is 1.77 bits per heavy atom. The summed E-state index contributed by atoms with van der Waals surface area (Å²) in [4.78, 5) is 30.4. The maximum Gasteiger partial charge on any atom is 0.253 e. The monoisotopic (exact) mass is 494 g/mol. The van der Waals surface area contributed by atoms with Gasteiger partial charge in [-0.25, -0.2) is 9.24 Å². The molecule has 0 unspecified atom stereocenters. The Hall–Kier alpha value is -3.31. The third-order valence-electron chi connectivity index (χ3n) is 6.47. The molecule has 2 amide bonds. The molecule has 1 heterocycles. The first-order chi connectivity index (χ1) is 16.6. The van der Waals surface area contributed by atoms with E-state index in [0.717, 1.165) is 5.56 Å². The van der Waals surface area contributed by atoms with Crippen molar-refractivity contribution in [2.24, 2.45) is 5.41 Å². The Morgan fingerprint density at radius 3 is 2.29 bits per heavy atom. The SMILES string of the molecule is CC1(C)CCCCC1.[C-]#[N+]c1ccc(N2C(=O)CN(c3ccc(C(=O)NC)c(F)c3)C2=S)cc1C. The molecule has 1 aliphatic carbocycles. The van der Waals surface area contributed by atoms with Crippen LogP contribution >= 0.6 is 12.2 Å². The summed E-state index contributed by atoms with van der Waals surface area (Å²) < 4.78 is 14.3. The summed E-state index contributed by atoms with van der Waals surface area (Å²) in [5, 5.41) is 2.58. The third kappa shape index (κ3) is 6.04. The Balaban J connectivity index is 0.000000363. The molecule has 0 atom stereocenters. The average Bonchev–Trinajstić information content (AvgIpc) is 3.12. The third-order valence-corrected chi connectivity index (χ3v) is 6.87. The summed E-state index contributed by atoms with van der Waals surface area (Å²) in [5.41, 5.74) is 2.77. The minimum absolute atomic E-state index is 0.0405. The molecule has 2 aliphatic rings. The van der Waals surface area contributed by atoms with Crippen LogP contribution in [-0.2, 0) is 4.79 Å².